The van der Waals surface area contributed by atoms with Crippen molar-refractivity contribution in [1.29, 1.82) is 0 Å². The van der Waals surface area contributed by atoms with Gasteiger partial charge in [0.15, 0.2) is 0 Å². The van der Waals surface area contributed by atoms with Crippen LogP contribution in [0.4, 0.5) is 13.2 Å². The minimum absolute atomic E-state index is 0.0535. The van der Waals surface area contributed by atoms with Crippen molar-refractivity contribution in [3.8, 4) is 11.5 Å². The Balaban J connectivity index is 1.95. The zero-order valence-electron chi connectivity index (χ0n) is 19.5. The van der Waals surface area contributed by atoms with Gasteiger partial charge in [-0.3, -0.25) is 9.69 Å². The van der Waals surface area contributed by atoms with Crippen LogP contribution in [0.15, 0.2) is 24.3 Å². The fraction of sp³-hybridized carbons (Fsp3) is 0.640. The Morgan fingerprint density at radius 3 is 2.41 bits per heavy atom. The number of ether oxygens (including phenoxy) is 1. The zero-order valence-corrected chi connectivity index (χ0v) is 20.5. The van der Waals surface area contributed by atoms with Crippen molar-refractivity contribution in [1.82, 2.24) is 4.90 Å². The van der Waals surface area contributed by atoms with Crippen LogP contribution in [-0.2, 0) is 15.7 Å². The normalized spacial score (nSPS) is 26.6. The third kappa shape index (κ3) is 6.17. The van der Waals surface area contributed by atoms with Crippen molar-refractivity contribution in [2.45, 2.75) is 76.4 Å². The summed E-state index contributed by atoms with van der Waals surface area (Å²) in [6, 6.07) is 5.78. The molecule has 2 fully saturated rings. The van der Waals surface area contributed by atoms with Gasteiger partial charge in [-0.25, -0.2) is 0 Å². The molecule has 1 aliphatic carbocycles. The molecule has 0 bridgehead atoms. The van der Waals surface area contributed by atoms with Gasteiger partial charge in [-0.15, -0.1) is 5.54 Å². The lowest BCUT2D eigenvalue weighted by molar-refractivity contribution is -0.144. The second-order valence-electron chi connectivity index (χ2n) is 10.2. The molecule has 0 radical (unpaired) electrons. The van der Waals surface area contributed by atoms with E-state index in [0.29, 0.717) is 18.9 Å². The van der Waals surface area contributed by atoms with Gasteiger partial charge < -0.3 is 4.74 Å². The number of hydrogen-bond donors (Lipinski definition) is 0. The molecule has 1 aliphatic heterocycles. The summed E-state index contributed by atoms with van der Waals surface area (Å²) in [7, 11) is -0.117. The van der Waals surface area contributed by atoms with Crippen LogP contribution in [0, 0.1) is 23.3 Å². The van der Waals surface area contributed by atoms with Crippen LogP contribution >= 0.6 is 0 Å². The quantitative estimate of drug-likeness (QED) is 0.307. The van der Waals surface area contributed by atoms with Gasteiger partial charge in [-0.2, -0.15) is 13.2 Å². The number of hydrogen-bond acceptors (Lipinski definition) is 3. The topological polar surface area (TPSA) is 29.5 Å². The molecule has 1 aromatic carbocycles. The average Bonchev–Trinajstić information content (AvgIpc) is 2.73. The molecule has 2 aliphatic rings. The van der Waals surface area contributed by atoms with E-state index >= 15 is 0 Å². The van der Waals surface area contributed by atoms with Gasteiger partial charge >= 0.3 is 12.1 Å². The largest absolute Gasteiger partial charge is 0.469 e. The summed E-state index contributed by atoms with van der Waals surface area (Å²) >= 11 is 0. The van der Waals surface area contributed by atoms with E-state index < -0.39 is 19.8 Å². The van der Waals surface area contributed by atoms with Crippen molar-refractivity contribution in [2.75, 3.05) is 13.7 Å². The number of fused-ring (bicyclic) bond motifs is 1. The first-order valence-corrected chi connectivity index (χ1v) is 15.0. The predicted octanol–water partition coefficient (Wildman–Crippen LogP) is 6.07. The Hall–Kier alpha value is -1.78. The lowest BCUT2D eigenvalue weighted by atomic mass is 9.68. The number of benzene rings is 1. The highest BCUT2D eigenvalue weighted by atomic mass is 28.3. The van der Waals surface area contributed by atoms with Gasteiger partial charge in [0.05, 0.1) is 19.2 Å². The third-order valence-electron chi connectivity index (χ3n) is 6.74. The monoisotopic (exact) mass is 465 g/mol. The van der Waals surface area contributed by atoms with E-state index in [2.05, 4.69) is 36.0 Å². The van der Waals surface area contributed by atoms with Crippen molar-refractivity contribution in [3.63, 3.8) is 0 Å². The van der Waals surface area contributed by atoms with E-state index in [4.69, 9.17) is 4.74 Å². The van der Waals surface area contributed by atoms with Gasteiger partial charge in [0, 0.05) is 18.5 Å². The molecule has 0 amide bonds. The molecule has 3 rings (SSSR count). The molecule has 7 heteroatoms. The first-order chi connectivity index (χ1) is 15.0. The number of alkyl halides is 3. The molecule has 1 aromatic rings. The maximum Gasteiger partial charge on any atom is 0.416 e. The van der Waals surface area contributed by atoms with Crippen LogP contribution < -0.4 is 0 Å². The molecular weight excluding hydrogens is 431 g/mol. The Bertz CT molecular complexity index is 851. The number of likely N-dealkylation sites (tertiary alicyclic amines) is 1. The minimum atomic E-state index is -4.35. The first-order valence-electron chi connectivity index (χ1n) is 11.5. The highest BCUT2D eigenvalue weighted by Crippen LogP contribution is 2.47. The Morgan fingerprint density at radius 1 is 1.16 bits per heavy atom. The van der Waals surface area contributed by atoms with Gasteiger partial charge in [0.25, 0.3) is 0 Å². The second kappa shape index (κ2) is 10.0. The van der Waals surface area contributed by atoms with E-state index in [9.17, 15) is 18.0 Å². The summed E-state index contributed by atoms with van der Waals surface area (Å²) in [4.78, 5) is 14.5. The van der Waals surface area contributed by atoms with E-state index in [1.165, 1.54) is 19.2 Å². The standard InChI is InChI=1S/C25H34F3NO2Si/c1-31-24(30)17-19-16-23(18-10-12-20(13-11-18)25(26,27)28)29(14-7-15-32(2,3)4)22-9-6-5-8-21(19)22/h10-13,19,21-23H,5-6,8-9,14,16-17H2,1-4H3/t19-,21+,22+,23+/m1/s1. The number of rotatable bonds is 4. The zero-order chi connectivity index (χ0) is 23.5. The number of carbonyl (C=O) groups excluding carboxylic acids is 1. The maximum absolute atomic E-state index is 13.1. The summed E-state index contributed by atoms with van der Waals surface area (Å²) in [6.07, 6.45) is 1.13. The Labute approximate surface area is 190 Å². The summed E-state index contributed by atoms with van der Waals surface area (Å²) in [5, 5.41) is 0. The van der Waals surface area contributed by atoms with Gasteiger partial charge in [-0.05, 0) is 48.8 Å². The number of esters is 1. The molecule has 1 saturated heterocycles. The van der Waals surface area contributed by atoms with Crippen molar-refractivity contribution in [2.24, 2.45) is 11.8 Å². The molecule has 176 valence electrons. The number of halogens is 3. The number of piperidine rings is 1. The van der Waals surface area contributed by atoms with Crippen molar-refractivity contribution >= 4 is 14.0 Å². The molecule has 0 spiro atoms. The molecule has 0 unspecified atom stereocenters. The van der Waals surface area contributed by atoms with Crippen LogP contribution in [0.1, 0.15) is 55.7 Å². The molecule has 4 atom stereocenters. The minimum Gasteiger partial charge on any atom is -0.469 e. The number of carbonyl (C=O) groups is 1. The summed E-state index contributed by atoms with van der Waals surface area (Å²) in [6.45, 7) is 7.24. The molecule has 3 nitrogen and oxygen atoms in total. The lowest BCUT2D eigenvalue weighted by Crippen LogP contribution is -2.52. The fourth-order valence-electron chi connectivity index (χ4n) is 5.31. The molecule has 32 heavy (non-hydrogen) atoms. The van der Waals surface area contributed by atoms with Gasteiger partial charge in [-0.1, -0.05) is 50.5 Å². The van der Waals surface area contributed by atoms with E-state index in [1.54, 1.807) is 12.1 Å². The summed E-state index contributed by atoms with van der Waals surface area (Å²) in [5.41, 5.74) is 3.67. The fourth-order valence-corrected chi connectivity index (χ4v) is 5.92. The Morgan fingerprint density at radius 2 is 1.81 bits per heavy atom. The van der Waals surface area contributed by atoms with Crippen LogP contribution in [0.2, 0.25) is 19.6 Å². The number of methoxy groups -OCH3 is 1. The van der Waals surface area contributed by atoms with Crippen LogP contribution in [0.5, 0.6) is 0 Å². The smallest absolute Gasteiger partial charge is 0.416 e. The average molecular weight is 466 g/mol. The van der Waals surface area contributed by atoms with Crippen LogP contribution in [0.25, 0.3) is 0 Å². The first kappa shape index (κ1) is 24.9. The number of nitrogens with zero attached hydrogens (tertiary/aromatic N) is 1. The second-order valence-corrected chi connectivity index (χ2v) is 14.9. The third-order valence-corrected chi connectivity index (χ3v) is 7.67. The summed E-state index contributed by atoms with van der Waals surface area (Å²) < 4.78 is 44.3. The highest BCUT2D eigenvalue weighted by molar-refractivity contribution is 6.83. The van der Waals surface area contributed by atoms with E-state index in [-0.39, 0.29) is 24.0 Å². The van der Waals surface area contributed by atoms with E-state index in [0.717, 1.165) is 37.7 Å². The molecule has 1 heterocycles. The van der Waals surface area contributed by atoms with Gasteiger partial charge in [0.2, 0.25) is 0 Å². The van der Waals surface area contributed by atoms with E-state index in [1.807, 2.05) is 0 Å². The highest BCUT2D eigenvalue weighted by Gasteiger charge is 2.44. The molecular formula is C25H34F3NO2Si. The van der Waals surface area contributed by atoms with Gasteiger partial charge in [0.1, 0.15) is 8.07 Å². The van der Waals surface area contributed by atoms with Crippen molar-refractivity contribution in [3.05, 3.63) is 35.4 Å². The molecule has 1 saturated carbocycles. The Kier molecular flexibility index (Phi) is 7.77. The van der Waals surface area contributed by atoms with Crippen molar-refractivity contribution < 1.29 is 22.7 Å². The lowest BCUT2D eigenvalue weighted by Gasteiger charge is -2.51. The summed E-state index contributed by atoms with van der Waals surface area (Å²) in [5.74, 6) is 3.74. The maximum atomic E-state index is 13.1. The molecule has 0 aromatic heterocycles. The van der Waals surface area contributed by atoms with Crippen LogP contribution in [0.3, 0.4) is 0 Å². The SMILES string of the molecule is COC(=O)C[C@H]1C[C@@H](c2ccc(C(F)(F)F)cc2)N(CC#C[Si](C)(C)C)[C@H]2CCCC[C@@H]12. The predicted molar refractivity (Wildman–Crippen MR) is 122 cm³/mol. The molecule has 0 N–H and O–H groups in total. The van der Waals surface area contributed by atoms with Crippen LogP contribution in [-0.4, -0.2) is 38.6 Å².